The largest absolute Gasteiger partial charge is 0.497 e. The van der Waals surface area contributed by atoms with Crippen molar-refractivity contribution < 1.29 is 9.53 Å². The third kappa shape index (κ3) is 2.78. The fourth-order valence-corrected chi connectivity index (χ4v) is 2.93. The zero-order valence-corrected chi connectivity index (χ0v) is 13.1. The second-order valence-electron chi connectivity index (χ2n) is 5.41. The van der Waals surface area contributed by atoms with Crippen LogP contribution in [0.4, 0.5) is 5.69 Å². The SMILES string of the molecule is C=C/C=C/C1C(=O)N(c2ccc(OC)cc2)C1c1ccccc1. The highest BCUT2D eigenvalue weighted by Crippen LogP contribution is 2.44. The van der Waals surface area contributed by atoms with Crippen molar-refractivity contribution in [3.8, 4) is 5.75 Å². The van der Waals surface area contributed by atoms with Crippen molar-refractivity contribution in [2.75, 3.05) is 12.0 Å². The molecule has 0 bridgehead atoms. The molecule has 1 fully saturated rings. The zero-order valence-electron chi connectivity index (χ0n) is 13.1. The fourth-order valence-electron chi connectivity index (χ4n) is 2.93. The van der Waals surface area contributed by atoms with Gasteiger partial charge in [0.15, 0.2) is 0 Å². The summed E-state index contributed by atoms with van der Waals surface area (Å²) in [6.45, 7) is 3.68. The highest BCUT2D eigenvalue weighted by Gasteiger charge is 2.47. The van der Waals surface area contributed by atoms with Crippen LogP contribution in [-0.4, -0.2) is 13.0 Å². The molecule has 1 aliphatic heterocycles. The number of carbonyl (C=O) groups excluding carboxylic acids is 1. The van der Waals surface area contributed by atoms with Crippen LogP contribution in [0.1, 0.15) is 11.6 Å². The van der Waals surface area contributed by atoms with E-state index in [1.54, 1.807) is 13.2 Å². The molecular formula is C20H19NO2. The molecule has 2 aromatic rings. The second-order valence-corrected chi connectivity index (χ2v) is 5.41. The molecule has 2 atom stereocenters. The summed E-state index contributed by atoms with van der Waals surface area (Å²) in [7, 11) is 1.63. The van der Waals surface area contributed by atoms with Crippen LogP contribution in [0.3, 0.4) is 0 Å². The lowest BCUT2D eigenvalue weighted by molar-refractivity contribution is -0.128. The molecule has 0 radical (unpaired) electrons. The van der Waals surface area contributed by atoms with Gasteiger partial charge in [-0.2, -0.15) is 0 Å². The van der Waals surface area contributed by atoms with E-state index >= 15 is 0 Å². The molecule has 3 rings (SSSR count). The summed E-state index contributed by atoms with van der Waals surface area (Å²) in [5.41, 5.74) is 2.01. The normalized spacial score (nSPS) is 20.4. The van der Waals surface area contributed by atoms with Crippen LogP contribution in [-0.2, 0) is 4.79 Å². The second kappa shape index (κ2) is 6.53. The first kappa shape index (κ1) is 15.1. The molecule has 0 aliphatic carbocycles. The highest BCUT2D eigenvalue weighted by atomic mass is 16.5. The van der Waals surface area contributed by atoms with Gasteiger partial charge in [0.2, 0.25) is 5.91 Å². The molecule has 0 saturated carbocycles. The number of allylic oxidation sites excluding steroid dienone is 2. The van der Waals surface area contributed by atoms with Crippen LogP contribution in [0.5, 0.6) is 5.75 Å². The Labute approximate surface area is 136 Å². The molecule has 1 saturated heterocycles. The number of hydrogen-bond donors (Lipinski definition) is 0. The van der Waals surface area contributed by atoms with Gasteiger partial charge < -0.3 is 9.64 Å². The molecule has 3 heteroatoms. The van der Waals surface area contributed by atoms with E-state index in [0.29, 0.717) is 0 Å². The molecule has 0 spiro atoms. The molecule has 2 aromatic carbocycles. The number of benzene rings is 2. The van der Waals surface area contributed by atoms with E-state index in [0.717, 1.165) is 17.0 Å². The topological polar surface area (TPSA) is 29.5 Å². The van der Waals surface area contributed by atoms with Crippen LogP contribution in [0.15, 0.2) is 79.4 Å². The molecule has 1 aliphatic rings. The minimum absolute atomic E-state index is 0.00768. The summed E-state index contributed by atoms with van der Waals surface area (Å²) in [6, 6.07) is 17.7. The first-order chi connectivity index (χ1) is 11.3. The Balaban J connectivity index is 1.95. The molecular weight excluding hydrogens is 286 g/mol. The van der Waals surface area contributed by atoms with Crippen LogP contribution in [0.2, 0.25) is 0 Å². The third-order valence-corrected chi connectivity index (χ3v) is 4.09. The van der Waals surface area contributed by atoms with Crippen molar-refractivity contribution >= 4 is 11.6 Å². The smallest absolute Gasteiger partial charge is 0.236 e. The maximum atomic E-state index is 12.6. The number of rotatable bonds is 5. The Morgan fingerprint density at radius 1 is 1.09 bits per heavy atom. The lowest BCUT2D eigenvalue weighted by Crippen LogP contribution is -2.54. The number of anilines is 1. The van der Waals surface area contributed by atoms with E-state index < -0.39 is 0 Å². The number of ether oxygens (including phenoxy) is 1. The molecule has 0 N–H and O–H groups in total. The van der Waals surface area contributed by atoms with Gasteiger partial charge in [-0.05, 0) is 29.8 Å². The van der Waals surface area contributed by atoms with E-state index in [2.05, 4.69) is 18.7 Å². The summed E-state index contributed by atoms with van der Waals surface area (Å²) in [5.74, 6) is 0.723. The first-order valence-electron chi connectivity index (χ1n) is 7.57. The van der Waals surface area contributed by atoms with E-state index in [9.17, 15) is 4.79 Å². The molecule has 1 heterocycles. The molecule has 23 heavy (non-hydrogen) atoms. The van der Waals surface area contributed by atoms with Gasteiger partial charge in [0.05, 0.1) is 19.1 Å². The maximum absolute atomic E-state index is 12.6. The maximum Gasteiger partial charge on any atom is 0.236 e. The van der Waals surface area contributed by atoms with Crippen molar-refractivity contribution in [2.45, 2.75) is 6.04 Å². The Kier molecular flexibility index (Phi) is 4.29. The predicted octanol–water partition coefficient (Wildman–Crippen LogP) is 4.14. The van der Waals surface area contributed by atoms with Gasteiger partial charge in [-0.1, -0.05) is 55.1 Å². The van der Waals surface area contributed by atoms with Gasteiger partial charge in [-0.15, -0.1) is 0 Å². The van der Waals surface area contributed by atoms with Crippen LogP contribution in [0.25, 0.3) is 0 Å². The van der Waals surface area contributed by atoms with Crippen molar-refractivity contribution in [3.63, 3.8) is 0 Å². The summed E-state index contributed by atoms with van der Waals surface area (Å²) in [5, 5.41) is 0. The number of nitrogens with zero attached hydrogens (tertiary/aromatic N) is 1. The van der Waals surface area contributed by atoms with E-state index in [1.807, 2.05) is 59.5 Å². The standard InChI is InChI=1S/C20H19NO2/c1-3-4-10-18-19(15-8-6-5-7-9-15)21(20(18)22)16-11-13-17(23-2)14-12-16/h3-14,18-19H,1H2,2H3/b10-4+. The lowest BCUT2D eigenvalue weighted by Gasteiger charge is -2.46. The fraction of sp³-hybridized carbons (Fsp3) is 0.150. The van der Waals surface area contributed by atoms with Gasteiger partial charge in [0, 0.05) is 5.69 Å². The van der Waals surface area contributed by atoms with Crippen molar-refractivity contribution in [1.82, 2.24) is 0 Å². The summed E-state index contributed by atoms with van der Waals surface area (Å²) >= 11 is 0. The Morgan fingerprint density at radius 2 is 1.78 bits per heavy atom. The molecule has 116 valence electrons. The Morgan fingerprint density at radius 3 is 2.39 bits per heavy atom. The summed E-state index contributed by atoms with van der Waals surface area (Å²) in [6.07, 6.45) is 5.46. The number of carbonyl (C=O) groups is 1. The van der Waals surface area contributed by atoms with Crippen LogP contribution < -0.4 is 9.64 Å². The van der Waals surface area contributed by atoms with E-state index in [-0.39, 0.29) is 17.9 Å². The number of methoxy groups -OCH3 is 1. The monoisotopic (exact) mass is 305 g/mol. The van der Waals surface area contributed by atoms with Gasteiger partial charge >= 0.3 is 0 Å². The number of β-lactam (4-membered cyclic amide) rings is 1. The third-order valence-electron chi connectivity index (χ3n) is 4.09. The average molecular weight is 305 g/mol. The summed E-state index contributed by atoms with van der Waals surface area (Å²) < 4.78 is 5.19. The quantitative estimate of drug-likeness (QED) is 0.614. The van der Waals surface area contributed by atoms with Gasteiger partial charge in [-0.25, -0.2) is 0 Å². The van der Waals surface area contributed by atoms with E-state index in [1.165, 1.54) is 0 Å². The summed E-state index contributed by atoms with van der Waals surface area (Å²) in [4.78, 5) is 14.5. The Bertz CT molecular complexity index is 719. The van der Waals surface area contributed by atoms with Crippen molar-refractivity contribution in [2.24, 2.45) is 5.92 Å². The molecule has 1 amide bonds. The van der Waals surface area contributed by atoms with Crippen molar-refractivity contribution in [1.29, 1.82) is 0 Å². The first-order valence-corrected chi connectivity index (χ1v) is 7.57. The molecule has 0 aromatic heterocycles. The van der Waals surface area contributed by atoms with Crippen molar-refractivity contribution in [3.05, 3.63) is 85.0 Å². The minimum atomic E-state index is -0.155. The van der Waals surface area contributed by atoms with Gasteiger partial charge in [0.1, 0.15) is 5.75 Å². The zero-order chi connectivity index (χ0) is 16.2. The average Bonchev–Trinajstić information content (AvgIpc) is 2.61. The molecule has 3 nitrogen and oxygen atoms in total. The van der Waals surface area contributed by atoms with Crippen LogP contribution in [0, 0.1) is 5.92 Å². The van der Waals surface area contributed by atoms with Gasteiger partial charge in [-0.3, -0.25) is 4.79 Å². The van der Waals surface area contributed by atoms with Gasteiger partial charge in [0.25, 0.3) is 0 Å². The minimum Gasteiger partial charge on any atom is -0.497 e. The lowest BCUT2D eigenvalue weighted by atomic mass is 9.81. The number of hydrogen-bond acceptors (Lipinski definition) is 2. The molecule has 2 unspecified atom stereocenters. The number of amides is 1. The Hall–Kier alpha value is -2.81. The predicted molar refractivity (Wildman–Crippen MR) is 92.5 cm³/mol. The highest BCUT2D eigenvalue weighted by molar-refractivity contribution is 6.04. The van der Waals surface area contributed by atoms with E-state index in [4.69, 9.17) is 4.74 Å². The van der Waals surface area contributed by atoms with Crippen LogP contribution >= 0.6 is 0 Å².